The number of nitrogens with zero attached hydrogens (tertiary/aromatic N) is 4. The van der Waals surface area contributed by atoms with Crippen LogP contribution in [-0.2, 0) is 4.79 Å². The molecular formula is C21H22BrClN4O2. The van der Waals surface area contributed by atoms with E-state index in [1.165, 1.54) is 0 Å². The molecule has 152 valence electrons. The number of aromatic nitrogens is 1. The van der Waals surface area contributed by atoms with Crippen LogP contribution in [0.2, 0.25) is 5.02 Å². The molecule has 2 aromatic rings. The first-order valence-corrected chi connectivity index (χ1v) is 10.9. The fourth-order valence-electron chi connectivity index (χ4n) is 3.95. The number of halogens is 2. The third-order valence-corrected chi connectivity index (χ3v) is 6.27. The number of hydrogen-bond donors (Lipinski definition) is 0. The van der Waals surface area contributed by atoms with Crippen LogP contribution in [0.3, 0.4) is 0 Å². The molecule has 0 saturated carbocycles. The second kappa shape index (κ2) is 8.71. The number of pyridine rings is 1. The Morgan fingerprint density at radius 2 is 1.72 bits per heavy atom. The lowest BCUT2D eigenvalue weighted by Gasteiger charge is -2.37. The van der Waals surface area contributed by atoms with Crippen LogP contribution in [0.15, 0.2) is 47.1 Å². The number of carbonyl (C=O) groups is 2. The summed E-state index contributed by atoms with van der Waals surface area (Å²) in [6.45, 7) is 3.31. The summed E-state index contributed by atoms with van der Waals surface area (Å²) in [5, 5.41) is 0.610. The first-order valence-electron chi connectivity index (χ1n) is 9.75. The van der Waals surface area contributed by atoms with Gasteiger partial charge in [-0.05, 0) is 49.2 Å². The van der Waals surface area contributed by atoms with Gasteiger partial charge in [0, 0.05) is 49.0 Å². The van der Waals surface area contributed by atoms with Crippen molar-refractivity contribution in [3.8, 4) is 0 Å². The Morgan fingerprint density at radius 3 is 2.38 bits per heavy atom. The summed E-state index contributed by atoms with van der Waals surface area (Å²) in [6, 6.07) is 10.6. The topological polar surface area (TPSA) is 56.8 Å². The largest absolute Gasteiger partial charge is 0.353 e. The van der Waals surface area contributed by atoms with Crippen LogP contribution in [0.4, 0.5) is 5.82 Å². The van der Waals surface area contributed by atoms with Crippen molar-refractivity contribution >= 4 is 45.2 Å². The Bertz CT molecular complexity index is 883. The van der Waals surface area contributed by atoms with E-state index in [9.17, 15) is 9.59 Å². The smallest absolute Gasteiger partial charge is 0.254 e. The molecule has 4 rings (SSSR count). The molecule has 1 aromatic carbocycles. The van der Waals surface area contributed by atoms with Crippen molar-refractivity contribution in [2.24, 2.45) is 0 Å². The first-order chi connectivity index (χ1) is 14.0. The average molecular weight is 478 g/mol. The van der Waals surface area contributed by atoms with Gasteiger partial charge in [0.15, 0.2) is 0 Å². The molecule has 3 heterocycles. The lowest BCUT2D eigenvalue weighted by Crippen LogP contribution is -2.54. The molecule has 29 heavy (non-hydrogen) atoms. The molecule has 0 spiro atoms. The maximum Gasteiger partial charge on any atom is 0.254 e. The van der Waals surface area contributed by atoms with E-state index < -0.39 is 0 Å². The minimum absolute atomic E-state index is 0.0525. The van der Waals surface area contributed by atoms with Gasteiger partial charge in [0.05, 0.1) is 5.02 Å². The molecule has 0 N–H and O–H groups in total. The molecule has 0 bridgehead atoms. The van der Waals surface area contributed by atoms with Crippen molar-refractivity contribution in [2.45, 2.75) is 18.9 Å². The van der Waals surface area contributed by atoms with Gasteiger partial charge >= 0.3 is 0 Å². The SMILES string of the molecule is O=C(C1CCCN1C(=O)c1ccc(Br)cc1)N1CCN(c2ccc(Cl)cn2)CC1. The first kappa shape index (κ1) is 20.2. The summed E-state index contributed by atoms with van der Waals surface area (Å²) in [7, 11) is 0. The minimum Gasteiger partial charge on any atom is -0.353 e. The molecule has 1 aromatic heterocycles. The Kier molecular flexibility index (Phi) is 6.06. The molecule has 2 aliphatic heterocycles. The van der Waals surface area contributed by atoms with E-state index in [0.29, 0.717) is 43.3 Å². The van der Waals surface area contributed by atoms with E-state index in [2.05, 4.69) is 25.8 Å². The lowest BCUT2D eigenvalue weighted by atomic mass is 10.1. The molecule has 6 nitrogen and oxygen atoms in total. The predicted molar refractivity (Wildman–Crippen MR) is 116 cm³/mol. The van der Waals surface area contributed by atoms with Gasteiger partial charge in [-0.15, -0.1) is 0 Å². The third kappa shape index (κ3) is 4.41. The van der Waals surface area contributed by atoms with Gasteiger partial charge in [-0.2, -0.15) is 0 Å². The van der Waals surface area contributed by atoms with Crippen LogP contribution >= 0.6 is 27.5 Å². The zero-order chi connectivity index (χ0) is 20.4. The third-order valence-electron chi connectivity index (χ3n) is 5.52. The number of anilines is 1. The highest BCUT2D eigenvalue weighted by molar-refractivity contribution is 9.10. The molecule has 2 saturated heterocycles. The van der Waals surface area contributed by atoms with E-state index in [1.807, 2.05) is 29.2 Å². The van der Waals surface area contributed by atoms with Crippen LogP contribution in [0.1, 0.15) is 23.2 Å². The second-order valence-electron chi connectivity index (χ2n) is 7.31. The fourth-order valence-corrected chi connectivity index (χ4v) is 4.32. The van der Waals surface area contributed by atoms with E-state index in [1.54, 1.807) is 23.2 Å². The summed E-state index contributed by atoms with van der Waals surface area (Å²) in [6.07, 6.45) is 3.21. The van der Waals surface area contributed by atoms with Crippen molar-refractivity contribution in [3.05, 3.63) is 57.7 Å². The van der Waals surface area contributed by atoms with Gasteiger partial charge in [-0.1, -0.05) is 27.5 Å². The van der Waals surface area contributed by atoms with Crippen LogP contribution in [0.5, 0.6) is 0 Å². The molecule has 2 fully saturated rings. The van der Waals surface area contributed by atoms with Crippen molar-refractivity contribution in [1.29, 1.82) is 0 Å². The van der Waals surface area contributed by atoms with Gasteiger partial charge in [-0.3, -0.25) is 9.59 Å². The summed E-state index contributed by atoms with van der Waals surface area (Å²) < 4.78 is 0.927. The molecule has 2 aliphatic rings. The van der Waals surface area contributed by atoms with Gasteiger partial charge in [0.25, 0.3) is 5.91 Å². The monoisotopic (exact) mass is 476 g/mol. The highest BCUT2D eigenvalue weighted by Gasteiger charge is 2.37. The van der Waals surface area contributed by atoms with Crippen LogP contribution in [-0.4, -0.2) is 65.4 Å². The second-order valence-corrected chi connectivity index (χ2v) is 8.66. The Labute approximate surface area is 183 Å². The number of amides is 2. The average Bonchev–Trinajstić information content (AvgIpc) is 3.24. The quantitative estimate of drug-likeness (QED) is 0.679. The number of likely N-dealkylation sites (tertiary alicyclic amines) is 1. The van der Waals surface area contributed by atoms with Crippen LogP contribution in [0, 0.1) is 0 Å². The molecule has 8 heteroatoms. The zero-order valence-corrected chi connectivity index (χ0v) is 18.3. The summed E-state index contributed by atoms with van der Waals surface area (Å²) in [5.41, 5.74) is 0.617. The molecule has 1 unspecified atom stereocenters. The summed E-state index contributed by atoms with van der Waals surface area (Å²) in [5.74, 6) is 0.850. The van der Waals surface area contributed by atoms with Crippen molar-refractivity contribution in [1.82, 2.24) is 14.8 Å². The normalized spacial score (nSPS) is 19.5. The number of rotatable bonds is 3. The molecule has 0 aliphatic carbocycles. The Hall–Kier alpha value is -2.12. The molecular weight excluding hydrogens is 456 g/mol. The minimum atomic E-state index is -0.369. The highest BCUT2D eigenvalue weighted by Crippen LogP contribution is 2.24. The number of hydrogen-bond acceptors (Lipinski definition) is 4. The van der Waals surface area contributed by atoms with E-state index in [4.69, 9.17) is 11.6 Å². The molecule has 1 atom stereocenters. The van der Waals surface area contributed by atoms with Crippen LogP contribution in [0.25, 0.3) is 0 Å². The van der Waals surface area contributed by atoms with Gasteiger partial charge in [0.1, 0.15) is 11.9 Å². The van der Waals surface area contributed by atoms with Gasteiger partial charge in [-0.25, -0.2) is 4.98 Å². The van der Waals surface area contributed by atoms with Crippen LogP contribution < -0.4 is 4.90 Å². The van der Waals surface area contributed by atoms with E-state index in [0.717, 1.165) is 23.1 Å². The number of benzene rings is 1. The van der Waals surface area contributed by atoms with Gasteiger partial charge < -0.3 is 14.7 Å². The maximum absolute atomic E-state index is 13.2. The number of piperazine rings is 1. The highest BCUT2D eigenvalue weighted by atomic mass is 79.9. The number of carbonyl (C=O) groups excluding carboxylic acids is 2. The molecule has 0 radical (unpaired) electrons. The summed E-state index contributed by atoms with van der Waals surface area (Å²) in [4.78, 5) is 36.2. The Balaban J connectivity index is 1.39. The standard InChI is InChI=1S/C21H22BrClN4O2/c22-16-5-3-15(4-6-16)20(28)27-9-1-2-18(27)21(29)26-12-10-25(11-13-26)19-8-7-17(23)14-24-19/h3-8,14,18H,1-2,9-13H2. The predicted octanol–water partition coefficient (Wildman–Crippen LogP) is 3.45. The van der Waals surface area contributed by atoms with Crippen molar-refractivity contribution < 1.29 is 9.59 Å². The van der Waals surface area contributed by atoms with Crippen molar-refractivity contribution in [2.75, 3.05) is 37.6 Å². The lowest BCUT2D eigenvalue weighted by molar-refractivity contribution is -0.135. The van der Waals surface area contributed by atoms with E-state index >= 15 is 0 Å². The fraction of sp³-hybridized carbons (Fsp3) is 0.381. The zero-order valence-electron chi connectivity index (χ0n) is 15.9. The van der Waals surface area contributed by atoms with Gasteiger partial charge in [0.2, 0.25) is 5.91 Å². The van der Waals surface area contributed by atoms with Crippen molar-refractivity contribution in [3.63, 3.8) is 0 Å². The Morgan fingerprint density at radius 1 is 1.00 bits per heavy atom. The van der Waals surface area contributed by atoms with E-state index in [-0.39, 0.29) is 17.9 Å². The maximum atomic E-state index is 13.2. The molecule has 2 amide bonds. The summed E-state index contributed by atoms with van der Waals surface area (Å²) >= 11 is 9.30.